The smallest absolute Gasteiger partial charge is 0.262 e. The molecule has 0 bridgehead atoms. The van der Waals surface area contributed by atoms with Crippen molar-refractivity contribution in [1.82, 2.24) is 14.5 Å². The minimum atomic E-state index is -0.114. The molecule has 0 spiro atoms. The third kappa shape index (κ3) is 2.83. The van der Waals surface area contributed by atoms with Gasteiger partial charge in [-0.2, -0.15) is 0 Å². The molecule has 0 saturated carbocycles. The second-order valence-electron chi connectivity index (χ2n) is 6.08. The summed E-state index contributed by atoms with van der Waals surface area (Å²) >= 11 is 5.23. The van der Waals surface area contributed by atoms with Gasteiger partial charge in [-0.05, 0) is 63.5 Å². The highest BCUT2D eigenvalue weighted by molar-refractivity contribution is 7.71. The van der Waals surface area contributed by atoms with Gasteiger partial charge >= 0.3 is 0 Å². The fourth-order valence-corrected chi connectivity index (χ4v) is 3.56. The Hall–Kier alpha value is -1.95. The van der Waals surface area contributed by atoms with E-state index >= 15 is 0 Å². The maximum absolute atomic E-state index is 12.7. The van der Waals surface area contributed by atoms with Gasteiger partial charge < -0.3 is 9.88 Å². The average Bonchev–Trinajstić information content (AvgIpc) is 2.54. The molecule has 2 aromatic rings. The van der Waals surface area contributed by atoms with Crippen molar-refractivity contribution in [2.24, 2.45) is 0 Å². The number of likely N-dealkylation sites (tertiary alicyclic amines) is 1. The van der Waals surface area contributed by atoms with E-state index in [1.165, 1.54) is 11.0 Å². The molecule has 23 heavy (non-hydrogen) atoms. The van der Waals surface area contributed by atoms with Gasteiger partial charge in [-0.25, -0.2) is 0 Å². The van der Waals surface area contributed by atoms with Crippen molar-refractivity contribution in [2.75, 3.05) is 6.54 Å². The lowest BCUT2D eigenvalue weighted by Crippen LogP contribution is -2.42. The quantitative estimate of drug-likeness (QED) is 0.860. The maximum atomic E-state index is 12.7. The van der Waals surface area contributed by atoms with Gasteiger partial charge in [0.25, 0.3) is 11.5 Å². The fourth-order valence-electron chi connectivity index (χ4n) is 3.24. The lowest BCUT2D eigenvalue weighted by Gasteiger charge is -2.33. The number of carbonyl (C=O) groups excluding carboxylic acids is 1. The summed E-state index contributed by atoms with van der Waals surface area (Å²) in [6.45, 7) is 5.29. The molecule has 3 rings (SSSR count). The molecule has 1 aromatic carbocycles. The number of hydrogen-bond acceptors (Lipinski definition) is 3. The number of nitrogens with zero attached hydrogens (tertiary/aromatic N) is 2. The molecule has 0 aliphatic carbocycles. The van der Waals surface area contributed by atoms with Crippen molar-refractivity contribution in [3.63, 3.8) is 0 Å². The van der Waals surface area contributed by atoms with Crippen molar-refractivity contribution in [1.29, 1.82) is 0 Å². The molecular weight excluding hydrogens is 310 g/mol. The normalized spacial score (nSPS) is 18.3. The number of aromatic amines is 1. The predicted octanol–water partition coefficient (Wildman–Crippen LogP) is 3.09. The Labute approximate surface area is 139 Å². The van der Waals surface area contributed by atoms with Crippen LogP contribution in [0.15, 0.2) is 23.0 Å². The van der Waals surface area contributed by atoms with Crippen molar-refractivity contribution >= 4 is 29.0 Å². The standard InChI is InChI=1S/C17H21N3O2S/c1-3-19-16(22)13-8-7-12(10-14(13)18-17(19)23)15(21)20-9-5-4-6-11(20)2/h7-8,10-11H,3-6,9H2,1-2H3,(H,18,23)/t11-/m0/s1. The number of nitrogens with one attached hydrogen (secondary N) is 1. The molecule has 0 unspecified atom stereocenters. The molecule has 122 valence electrons. The van der Waals surface area contributed by atoms with Crippen LogP contribution in [0.4, 0.5) is 0 Å². The average molecular weight is 331 g/mol. The Morgan fingerprint density at radius 3 is 2.87 bits per heavy atom. The van der Waals surface area contributed by atoms with Gasteiger partial charge in [0.05, 0.1) is 10.9 Å². The van der Waals surface area contributed by atoms with Gasteiger partial charge in [0.2, 0.25) is 0 Å². The number of rotatable bonds is 2. The van der Waals surface area contributed by atoms with E-state index in [2.05, 4.69) is 11.9 Å². The second kappa shape index (κ2) is 6.28. The minimum Gasteiger partial charge on any atom is -0.336 e. The Bertz CT molecular complexity index is 868. The van der Waals surface area contributed by atoms with Crippen molar-refractivity contribution < 1.29 is 4.79 Å². The zero-order chi connectivity index (χ0) is 16.6. The molecule has 0 radical (unpaired) electrons. The van der Waals surface area contributed by atoms with Crippen LogP contribution in [0, 0.1) is 4.77 Å². The predicted molar refractivity (Wildman–Crippen MR) is 93.4 cm³/mol. The molecule has 1 saturated heterocycles. The molecule has 1 aliphatic rings. The SMILES string of the molecule is CCn1c(=S)[nH]c2cc(C(=O)N3CCCC[C@@H]3C)ccc2c1=O. The Morgan fingerprint density at radius 2 is 2.17 bits per heavy atom. The van der Waals surface area contributed by atoms with Gasteiger partial charge in [-0.15, -0.1) is 0 Å². The van der Waals surface area contributed by atoms with Crippen LogP contribution < -0.4 is 5.56 Å². The van der Waals surface area contributed by atoms with Crippen LogP contribution in [0.2, 0.25) is 0 Å². The highest BCUT2D eigenvalue weighted by Gasteiger charge is 2.24. The summed E-state index contributed by atoms with van der Waals surface area (Å²) in [6, 6.07) is 5.47. The van der Waals surface area contributed by atoms with E-state index in [9.17, 15) is 9.59 Å². The summed E-state index contributed by atoms with van der Waals surface area (Å²) in [5.74, 6) is 0.0260. The second-order valence-corrected chi connectivity index (χ2v) is 6.47. The van der Waals surface area contributed by atoms with E-state index in [0.29, 0.717) is 27.8 Å². The monoisotopic (exact) mass is 331 g/mol. The molecule has 1 N–H and O–H groups in total. The number of carbonyl (C=O) groups is 1. The largest absolute Gasteiger partial charge is 0.336 e. The van der Waals surface area contributed by atoms with Crippen molar-refractivity contribution in [3.05, 3.63) is 38.9 Å². The fraction of sp³-hybridized carbons (Fsp3) is 0.471. The van der Waals surface area contributed by atoms with Crippen LogP contribution in [-0.2, 0) is 6.54 Å². The minimum absolute atomic E-state index is 0.0260. The molecule has 1 aromatic heterocycles. The summed E-state index contributed by atoms with van der Waals surface area (Å²) in [7, 11) is 0. The van der Waals surface area contributed by atoms with E-state index in [-0.39, 0.29) is 17.5 Å². The zero-order valence-electron chi connectivity index (χ0n) is 13.5. The summed E-state index contributed by atoms with van der Waals surface area (Å²) in [6.07, 6.45) is 3.27. The van der Waals surface area contributed by atoms with Gasteiger partial charge in [0.15, 0.2) is 4.77 Å². The summed E-state index contributed by atoms with van der Waals surface area (Å²) in [5, 5.41) is 0.559. The number of fused-ring (bicyclic) bond motifs is 1. The van der Waals surface area contributed by atoms with Crippen molar-refractivity contribution in [2.45, 2.75) is 45.7 Å². The summed E-state index contributed by atoms with van der Waals surface area (Å²) in [4.78, 5) is 30.1. The first-order valence-corrected chi connectivity index (χ1v) is 8.51. The molecule has 1 aliphatic heterocycles. The van der Waals surface area contributed by atoms with Crippen LogP contribution in [0.25, 0.3) is 10.9 Å². The maximum Gasteiger partial charge on any atom is 0.262 e. The number of amides is 1. The topological polar surface area (TPSA) is 58.1 Å². The van der Waals surface area contributed by atoms with Crippen LogP contribution in [0.1, 0.15) is 43.5 Å². The zero-order valence-corrected chi connectivity index (χ0v) is 14.3. The Balaban J connectivity index is 2.05. The van der Waals surface area contributed by atoms with Gasteiger partial charge in [-0.3, -0.25) is 14.2 Å². The molecule has 6 heteroatoms. The highest BCUT2D eigenvalue weighted by atomic mass is 32.1. The third-order valence-corrected chi connectivity index (χ3v) is 4.93. The number of aromatic nitrogens is 2. The third-order valence-electron chi connectivity index (χ3n) is 4.61. The first-order valence-electron chi connectivity index (χ1n) is 8.10. The van der Waals surface area contributed by atoms with E-state index in [1.54, 1.807) is 18.2 Å². The first kappa shape index (κ1) is 15.9. The van der Waals surface area contributed by atoms with E-state index < -0.39 is 0 Å². The molecule has 2 heterocycles. The number of piperidine rings is 1. The van der Waals surface area contributed by atoms with Crippen LogP contribution >= 0.6 is 12.2 Å². The Kier molecular flexibility index (Phi) is 4.35. The number of benzene rings is 1. The molecule has 1 amide bonds. The molecule has 1 atom stereocenters. The first-order chi connectivity index (χ1) is 11.0. The lowest BCUT2D eigenvalue weighted by molar-refractivity contribution is 0.0636. The summed E-state index contributed by atoms with van der Waals surface area (Å²) in [5.41, 5.74) is 1.11. The summed E-state index contributed by atoms with van der Waals surface area (Å²) < 4.78 is 1.91. The molecular formula is C17H21N3O2S. The highest BCUT2D eigenvalue weighted by Crippen LogP contribution is 2.20. The van der Waals surface area contributed by atoms with Crippen LogP contribution in [0.5, 0.6) is 0 Å². The van der Waals surface area contributed by atoms with Gasteiger partial charge in [-0.1, -0.05) is 0 Å². The van der Waals surface area contributed by atoms with E-state index in [0.717, 1.165) is 19.4 Å². The molecule has 5 nitrogen and oxygen atoms in total. The molecule has 1 fully saturated rings. The van der Waals surface area contributed by atoms with E-state index in [4.69, 9.17) is 12.2 Å². The van der Waals surface area contributed by atoms with Crippen LogP contribution in [0.3, 0.4) is 0 Å². The number of hydrogen-bond donors (Lipinski definition) is 1. The lowest BCUT2D eigenvalue weighted by atomic mass is 10.0. The van der Waals surface area contributed by atoms with Crippen molar-refractivity contribution in [3.8, 4) is 0 Å². The van der Waals surface area contributed by atoms with Gasteiger partial charge in [0.1, 0.15) is 0 Å². The van der Waals surface area contributed by atoms with Gasteiger partial charge in [0, 0.05) is 24.7 Å². The number of H-pyrrole nitrogens is 1. The Morgan fingerprint density at radius 1 is 1.39 bits per heavy atom. The van der Waals surface area contributed by atoms with Crippen LogP contribution in [-0.4, -0.2) is 32.9 Å². The van der Waals surface area contributed by atoms with E-state index in [1.807, 2.05) is 11.8 Å².